The summed E-state index contributed by atoms with van der Waals surface area (Å²) in [5.74, 6) is 0.802. The van der Waals surface area contributed by atoms with Crippen LogP contribution in [0.4, 0.5) is 17.2 Å². The number of aromatic amines is 1. The van der Waals surface area contributed by atoms with Crippen molar-refractivity contribution in [2.45, 2.75) is 17.7 Å². The first kappa shape index (κ1) is 21.0. The molecule has 0 saturated carbocycles. The molecule has 30 heavy (non-hydrogen) atoms. The molecule has 1 aliphatic heterocycles. The molecule has 4 rings (SSSR count). The van der Waals surface area contributed by atoms with Gasteiger partial charge < -0.3 is 15.3 Å². The Morgan fingerprint density at radius 1 is 1.30 bits per heavy atom. The average molecular weight is 496 g/mol. The highest BCUT2D eigenvalue weighted by atomic mass is 79.9. The first-order valence-corrected chi connectivity index (χ1v) is 11.8. The number of H-pyrrole nitrogens is 1. The number of aliphatic hydroxyl groups is 1. The molecule has 1 aliphatic rings. The molecule has 10 nitrogen and oxygen atoms in total. The van der Waals surface area contributed by atoms with Gasteiger partial charge in [0.2, 0.25) is 10.0 Å². The van der Waals surface area contributed by atoms with Crippen molar-refractivity contribution in [1.29, 1.82) is 0 Å². The van der Waals surface area contributed by atoms with Gasteiger partial charge in [-0.1, -0.05) is 0 Å². The lowest BCUT2D eigenvalue weighted by Gasteiger charge is -2.34. The average Bonchev–Trinajstić information content (AvgIpc) is 3.15. The van der Waals surface area contributed by atoms with Crippen molar-refractivity contribution >= 4 is 54.2 Å². The number of nitrogens with zero attached hydrogens (tertiary/aromatic N) is 4. The second-order valence-electron chi connectivity index (χ2n) is 7.08. The summed E-state index contributed by atoms with van der Waals surface area (Å²) in [7, 11) is -2.23. The molecule has 1 fully saturated rings. The second kappa shape index (κ2) is 8.46. The Balaban J connectivity index is 1.77. The van der Waals surface area contributed by atoms with Crippen LogP contribution in [0.1, 0.15) is 12.8 Å². The summed E-state index contributed by atoms with van der Waals surface area (Å²) < 4.78 is 27.7. The van der Waals surface area contributed by atoms with Gasteiger partial charge in [0.1, 0.15) is 16.7 Å². The number of rotatable bonds is 6. The fourth-order valence-corrected chi connectivity index (χ4v) is 4.79. The highest BCUT2D eigenvalue weighted by Crippen LogP contribution is 2.35. The van der Waals surface area contributed by atoms with E-state index in [1.54, 1.807) is 18.2 Å². The van der Waals surface area contributed by atoms with E-state index in [0.717, 1.165) is 31.6 Å². The van der Waals surface area contributed by atoms with Gasteiger partial charge in [-0.2, -0.15) is 5.10 Å². The second-order valence-corrected chi connectivity index (χ2v) is 9.76. The molecule has 0 atom stereocenters. The minimum absolute atomic E-state index is 0.151. The topological polar surface area (TPSA) is 136 Å². The highest BCUT2D eigenvalue weighted by molar-refractivity contribution is 9.10. The van der Waals surface area contributed by atoms with E-state index in [-0.39, 0.29) is 11.5 Å². The Morgan fingerprint density at radius 2 is 2.07 bits per heavy atom. The minimum Gasteiger partial charge on any atom is -0.396 e. The Labute approximate surface area is 182 Å². The maximum atomic E-state index is 12.4. The zero-order valence-corrected chi connectivity index (χ0v) is 18.7. The van der Waals surface area contributed by atoms with E-state index in [2.05, 4.69) is 51.0 Å². The van der Waals surface area contributed by atoms with Crippen LogP contribution in [0.2, 0.25) is 0 Å². The number of aromatic nitrogens is 4. The number of fused-ring (bicyclic) bond motifs is 1. The van der Waals surface area contributed by atoms with Gasteiger partial charge in [0.15, 0.2) is 5.65 Å². The molecule has 0 bridgehead atoms. The van der Waals surface area contributed by atoms with E-state index >= 15 is 0 Å². The Kier molecular flexibility index (Phi) is 5.91. The lowest BCUT2D eigenvalue weighted by molar-refractivity contribution is 0.203. The summed E-state index contributed by atoms with van der Waals surface area (Å²) in [6.07, 6.45) is 3.15. The molecular weight excluding hydrogens is 474 g/mol. The molecular formula is C18H22BrN7O3S. The van der Waals surface area contributed by atoms with E-state index in [1.807, 2.05) is 0 Å². The lowest BCUT2D eigenvalue weighted by atomic mass is 9.97. The van der Waals surface area contributed by atoms with Gasteiger partial charge in [-0.3, -0.25) is 5.10 Å². The number of hydrogen-bond donors (Lipinski definition) is 4. The van der Waals surface area contributed by atoms with Crippen LogP contribution in [-0.4, -0.2) is 60.4 Å². The van der Waals surface area contributed by atoms with Gasteiger partial charge in [-0.05, 0) is 59.9 Å². The summed E-state index contributed by atoms with van der Waals surface area (Å²) in [6.45, 7) is 1.73. The summed E-state index contributed by atoms with van der Waals surface area (Å²) >= 11 is 3.42. The minimum atomic E-state index is -3.62. The normalized spacial score (nSPS) is 15.6. The van der Waals surface area contributed by atoms with E-state index in [9.17, 15) is 13.5 Å². The van der Waals surface area contributed by atoms with Crippen molar-refractivity contribution < 1.29 is 13.5 Å². The number of anilines is 3. The van der Waals surface area contributed by atoms with E-state index in [4.69, 9.17) is 0 Å². The standard InChI is InChI=1S/C18H22BrN7O3S/c1-20-30(28,29)12-2-3-14(26-6-4-11(9-27)5-7-26)13(8-12)23-17-15-16(19)24-25-18(15)22-10-21-17/h2-3,8,10-11,20,27H,4-7,9H2,1H3,(H2,21,22,23,24,25). The SMILES string of the molecule is CNS(=O)(=O)c1ccc(N2CCC(CO)CC2)c(Nc2ncnc3n[nH]c(Br)c23)c1. The zero-order valence-electron chi connectivity index (χ0n) is 16.3. The maximum Gasteiger partial charge on any atom is 0.240 e. The Morgan fingerprint density at radius 3 is 2.77 bits per heavy atom. The van der Waals surface area contributed by atoms with E-state index in [0.29, 0.717) is 33.1 Å². The molecule has 1 saturated heterocycles. The predicted octanol–water partition coefficient (Wildman–Crippen LogP) is 1.98. The lowest BCUT2D eigenvalue weighted by Crippen LogP contribution is -2.35. The number of nitrogens with one attached hydrogen (secondary N) is 3. The smallest absolute Gasteiger partial charge is 0.240 e. The number of sulfonamides is 1. The molecule has 0 unspecified atom stereocenters. The first-order valence-electron chi connectivity index (χ1n) is 9.48. The van der Waals surface area contributed by atoms with Crippen molar-refractivity contribution in [2.75, 3.05) is 37.0 Å². The van der Waals surface area contributed by atoms with Crippen LogP contribution in [0.25, 0.3) is 11.0 Å². The zero-order chi connectivity index (χ0) is 21.3. The molecule has 2 aromatic heterocycles. The van der Waals surface area contributed by atoms with Crippen LogP contribution >= 0.6 is 15.9 Å². The molecule has 12 heteroatoms. The van der Waals surface area contributed by atoms with Crippen molar-refractivity contribution in [3.8, 4) is 0 Å². The van der Waals surface area contributed by atoms with Crippen molar-refractivity contribution in [3.05, 3.63) is 29.1 Å². The van der Waals surface area contributed by atoms with Crippen LogP contribution in [0, 0.1) is 5.92 Å². The number of piperidine rings is 1. The third-order valence-electron chi connectivity index (χ3n) is 5.32. The number of aliphatic hydroxyl groups excluding tert-OH is 1. The Hall–Kier alpha value is -2.28. The highest BCUT2D eigenvalue weighted by Gasteiger charge is 2.23. The molecule has 0 radical (unpaired) electrons. The molecule has 160 valence electrons. The van der Waals surface area contributed by atoms with Crippen LogP contribution in [-0.2, 0) is 10.0 Å². The quantitative estimate of drug-likeness (QED) is 0.407. The van der Waals surface area contributed by atoms with Crippen LogP contribution in [0.15, 0.2) is 34.0 Å². The fraction of sp³-hybridized carbons (Fsp3) is 0.389. The van der Waals surface area contributed by atoms with Gasteiger partial charge >= 0.3 is 0 Å². The van der Waals surface area contributed by atoms with Gasteiger partial charge in [0, 0.05) is 19.7 Å². The van der Waals surface area contributed by atoms with Crippen molar-refractivity contribution in [3.63, 3.8) is 0 Å². The van der Waals surface area contributed by atoms with Crippen molar-refractivity contribution in [1.82, 2.24) is 24.9 Å². The van der Waals surface area contributed by atoms with E-state index in [1.165, 1.54) is 13.4 Å². The Bertz CT molecular complexity index is 1160. The summed E-state index contributed by atoms with van der Waals surface area (Å²) in [5.41, 5.74) is 1.97. The monoisotopic (exact) mass is 495 g/mol. The third-order valence-corrected chi connectivity index (χ3v) is 7.31. The molecule has 3 heterocycles. The van der Waals surface area contributed by atoms with Crippen LogP contribution in [0.5, 0.6) is 0 Å². The molecule has 3 aromatic rings. The number of hydrogen-bond acceptors (Lipinski definition) is 8. The number of halogens is 1. The van der Waals surface area contributed by atoms with Gasteiger partial charge in [0.25, 0.3) is 0 Å². The van der Waals surface area contributed by atoms with Gasteiger partial charge in [0.05, 0.1) is 21.7 Å². The third kappa shape index (κ3) is 4.00. The van der Waals surface area contributed by atoms with Crippen molar-refractivity contribution in [2.24, 2.45) is 5.92 Å². The first-order chi connectivity index (χ1) is 14.4. The molecule has 0 amide bonds. The van der Waals surface area contributed by atoms with Crippen LogP contribution < -0.4 is 14.9 Å². The van der Waals surface area contributed by atoms with E-state index < -0.39 is 10.0 Å². The number of benzene rings is 1. The maximum absolute atomic E-state index is 12.4. The molecule has 1 aromatic carbocycles. The predicted molar refractivity (Wildman–Crippen MR) is 117 cm³/mol. The molecule has 0 aliphatic carbocycles. The summed E-state index contributed by atoms with van der Waals surface area (Å²) in [6, 6.07) is 4.99. The summed E-state index contributed by atoms with van der Waals surface area (Å²) in [4.78, 5) is 10.8. The summed E-state index contributed by atoms with van der Waals surface area (Å²) in [5, 5.41) is 20.3. The van der Waals surface area contributed by atoms with Gasteiger partial charge in [-0.25, -0.2) is 23.1 Å². The fourth-order valence-electron chi connectivity index (χ4n) is 3.58. The molecule has 4 N–H and O–H groups in total. The van der Waals surface area contributed by atoms with Crippen LogP contribution in [0.3, 0.4) is 0 Å². The van der Waals surface area contributed by atoms with Gasteiger partial charge in [-0.15, -0.1) is 0 Å². The molecule has 0 spiro atoms. The largest absolute Gasteiger partial charge is 0.396 e.